The van der Waals surface area contributed by atoms with Gasteiger partial charge in [0.05, 0.1) is 23.7 Å². The van der Waals surface area contributed by atoms with Crippen molar-refractivity contribution < 1.29 is 32.2 Å². The predicted octanol–water partition coefficient (Wildman–Crippen LogP) is 6.29. The van der Waals surface area contributed by atoms with E-state index in [1.807, 2.05) is 42.5 Å². The maximum Gasteiger partial charge on any atom is 0.392 e. The summed E-state index contributed by atoms with van der Waals surface area (Å²) in [5, 5.41) is 23.8. The van der Waals surface area contributed by atoms with Gasteiger partial charge in [0, 0.05) is 67.8 Å². The highest BCUT2D eigenvalue weighted by atomic mass is 35.5. The lowest BCUT2D eigenvalue weighted by molar-refractivity contribution is -0.151. The number of halogens is 6. The van der Waals surface area contributed by atoms with Gasteiger partial charge >= 0.3 is 6.18 Å². The van der Waals surface area contributed by atoms with Gasteiger partial charge in [-0.05, 0) is 55.0 Å². The molecule has 44 heavy (non-hydrogen) atoms. The molecule has 0 amide bonds. The lowest BCUT2D eigenvalue weighted by Crippen LogP contribution is -2.47. The molecule has 6 rings (SSSR count). The molecule has 3 unspecified atom stereocenters. The molecule has 13 heteroatoms. The molecule has 1 aliphatic carbocycles. The second-order valence-electron chi connectivity index (χ2n) is 12.0. The average molecular weight is 640 g/mol. The van der Waals surface area contributed by atoms with Crippen LogP contribution in [0, 0.1) is 11.8 Å². The van der Waals surface area contributed by atoms with Gasteiger partial charge in [-0.1, -0.05) is 29.8 Å². The van der Waals surface area contributed by atoms with E-state index in [1.165, 1.54) is 4.68 Å². The second-order valence-corrected chi connectivity index (χ2v) is 12.4. The molecule has 1 saturated carbocycles. The number of aliphatic hydroxyl groups excluding tert-OH is 1. The molecule has 1 aromatic heterocycles. The van der Waals surface area contributed by atoms with Crippen molar-refractivity contribution in [3.8, 4) is 11.1 Å². The van der Waals surface area contributed by atoms with Crippen LogP contribution in [0.4, 0.5) is 33.3 Å². The predicted molar refractivity (Wildman–Crippen MR) is 158 cm³/mol. The number of nitrogens with zero attached hydrogens (tertiary/aromatic N) is 5. The molecule has 3 fully saturated rings. The summed E-state index contributed by atoms with van der Waals surface area (Å²) in [5.74, 6) is -1.42. The van der Waals surface area contributed by atoms with E-state index in [4.69, 9.17) is 11.6 Å². The first-order valence-electron chi connectivity index (χ1n) is 14.9. The fourth-order valence-electron chi connectivity index (χ4n) is 6.71. The van der Waals surface area contributed by atoms with Crippen LogP contribution in [0.2, 0.25) is 5.02 Å². The van der Waals surface area contributed by atoms with Crippen molar-refractivity contribution >= 4 is 23.0 Å². The van der Waals surface area contributed by atoms with Crippen LogP contribution in [0.3, 0.4) is 0 Å². The summed E-state index contributed by atoms with van der Waals surface area (Å²) >= 11 is 6.42. The summed E-state index contributed by atoms with van der Waals surface area (Å²) < 4.78 is 67.8. The molecule has 3 aromatic rings. The highest BCUT2D eigenvalue weighted by molar-refractivity contribution is 6.31. The molecular formula is C31H35ClF5N5O2. The fourth-order valence-corrected chi connectivity index (χ4v) is 6.87. The minimum atomic E-state index is -4.08. The Labute approximate surface area is 257 Å². The largest absolute Gasteiger partial charge is 0.392 e. The first-order chi connectivity index (χ1) is 21.0. The Morgan fingerprint density at radius 1 is 0.955 bits per heavy atom. The van der Waals surface area contributed by atoms with E-state index in [2.05, 4.69) is 19.8 Å². The molecule has 238 valence electrons. The molecule has 3 atom stereocenters. The van der Waals surface area contributed by atoms with Gasteiger partial charge in [0.15, 0.2) is 6.29 Å². The number of piperidine rings is 1. The molecule has 0 spiro atoms. The Kier molecular flexibility index (Phi) is 8.80. The normalized spacial score (nSPS) is 23.2. The van der Waals surface area contributed by atoms with E-state index in [0.29, 0.717) is 31.1 Å². The minimum absolute atomic E-state index is 0.241. The van der Waals surface area contributed by atoms with Crippen molar-refractivity contribution in [1.82, 2.24) is 14.7 Å². The van der Waals surface area contributed by atoms with Gasteiger partial charge in [-0.25, -0.2) is 8.78 Å². The van der Waals surface area contributed by atoms with Crippen molar-refractivity contribution in [2.75, 3.05) is 55.6 Å². The number of alkyl halides is 5. The Bertz CT molecular complexity index is 1440. The van der Waals surface area contributed by atoms with Crippen LogP contribution in [-0.4, -0.2) is 76.9 Å². The topological polar surface area (TPSA) is 68.0 Å². The summed E-state index contributed by atoms with van der Waals surface area (Å²) in [6.07, 6.45) is -6.36. The van der Waals surface area contributed by atoms with Gasteiger partial charge in [-0.2, -0.15) is 18.3 Å². The fraction of sp³-hybridized carbons (Fsp3) is 0.516. The van der Waals surface area contributed by atoms with Gasteiger partial charge in [-0.15, -0.1) is 0 Å². The molecule has 2 aromatic carbocycles. The standard InChI is InChI=1S/C31H35ClF5N5O2/c32-21-5-8-24(27(15-21)41-9-1-2-23(18-41)42-28(29(33)34)25(16-38-42)30(43)44)19-3-6-22(7-4-19)40-12-10-39(11-13-40)17-20-14-26(20)31(35,36)37/h3-8,15-16,20,23,26,29-30,43-44H,1-2,9-14,17-18H2. The van der Waals surface area contributed by atoms with Crippen LogP contribution in [-0.2, 0) is 0 Å². The number of hydrogen-bond acceptors (Lipinski definition) is 6. The zero-order valence-corrected chi connectivity index (χ0v) is 24.7. The van der Waals surface area contributed by atoms with Crippen molar-refractivity contribution in [3.05, 3.63) is 64.9 Å². The number of anilines is 2. The molecular weight excluding hydrogens is 605 g/mol. The van der Waals surface area contributed by atoms with Crippen molar-refractivity contribution in [2.24, 2.45) is 11.8 Å². The molecule has 3 aliphatic rings. The van der Waals surface area contributed by atoms with Crippen LogP contribution in [0.15, 0.2) is 48.7 Å². The Morgan fingerprint density at radius 2 is 1.68 bits per heavy atom. The van der Waals surface area contributed by atoms with E-state index in [9.17, 15) is 32.2 Å². The number of aliphatic hydroxyl groups is 2. The number of piperazine rings is 1. The summed E-state index contributed by atoms with van der Waals surface area (Å²) in [5.41, 5.74) is 3.05. The quantitative estimate of drug-likeness (QED) is 0.223. The average Bonchev–Trinajstić information content (AvgIpc) is 3.63. The molecule has 7 nitrogen and oxygen atoms in total. The zero-order valence-electron chi connectivity index (χ0n) is 24.0. The van der Waals surface area contributed by atoms with E-state index in [-0.39, 0.29) is 17.9 Å². The first kappa shape index (κ1) is 31.1. The van der Waals surface area contributed by atoms with Crippen LogP contribution in [0.25, 0.3) is 11.1 Å². The second kappa shape index (κ2) is 12.5. The highest BCUT2D eigenvalue weighted by Crippen LogP contribution is 2.50. The minimum Gasteiger partial charge on any atom is -0.369 e. The molecule has 3 heterocycles. The maximum absolute atomic E-state index is 13.9. The summed E-state index contributed by atoms with van der Waals surface area (Å²) in [6.45, 7) is 4.52. The zero-order chi connectivity index (χ0) is 31.2. The molecule has 2 saturated heterocycles. The van der Waals surface area contributed by atoms with Gasteiger partial charge in [0.1, 0.15) is 5.69 Å². The lowest BCUT2D eigenvalue weighted by Gasteiger charge is -2.37. The van der Waals surface area contributed by atoms with E-state index >= 15 is 0 Å². The Morgan fingerprint density at radius 3 is 2.32 bits per heavy atom. The lowest BCUT2D eigenvalue weighted by atomic mass is 9.99. The first-order valence-corrected chi connectivity index (χ1v) is 15.3. The summed E-state index contributed by atoms with van der Waals surface area (Å²) in [6, 6.07) is 13.4. The van der Waals surface area contributed by atoms with Gasteiger partial charge in [-0.3, -0.25) is 9.58 Å². The van der Waals surface area contributed by atoms with Gasteiger partial charge in [0.25, 0.3) is 6.43 Å². The smallest absolute Gasteiger partial charge is 0.369 e. The van der Waals surface area contributed by atoms with E-state index in [1.54, 1.807) is 0 Å². The van der Waals surface area contributed by atoms with Crippen molar-refractivity contribution in [3.63, 3.8) is 0 Å². The maximum atomic E-state index is 13.9. The van der Waals surface area contributed by atoms with Crippen LogP contribution in [0.5, 0.6) is 0 Å². The molecule has 0 bridgehead atoms. The number of rotatable bonds is 8. The monoisotopic (exact) mass is 639 g/mol. The van der Waals surface area contributed by atoms with Crippen LogP contribution >= 0.6 is 11.6 Å². The Hall–Kier alpha value is -2.93. The third-order valence-corrected chi connectivity index (χ3v) is 9.38. The van der Waals surface area contributed by atoms with Gasteiger partial charge < -0.3 is 20.0 Å². The number of benzene rings is 2. The third-order valence-electron chi connectivity index (χ3n) is 9.14. The Balaban J connectivity index is 1.14. The van der Waals surface area contributed by atoms with Gasteiger partial charge in [0.2, 0.25) is 0 Å². The van der Waals surface area contributed by atoms with E-state index < -0.39 is 36.5 Å². The summed E-state index contributed by atoms with van der Waals surface area (Å²) in [7, 11) is 0. The van der Waals surface area contributed by atoms with Crippen LogP contribution < -0.4 is 9.80 Å². The number of aromatic nitrogens is 2. The number of hydrogen-bond donors (Lipinski definition) is 2. The van der Waals surface area contributed by atoms with Crippen LogP contribution in [0.1, 0.15) is 49.3 Å². The molecule has 2 aliphatic heterocycles. The highest BCUT2D eigenvalue weighted by Gasteiger charge is 2.55. The molecule has 0 radical (unpaired) electrons. The van der Waals surface area contributed by atoms with Crippen molar-refractivity contribution in [1.29, 1.82) is 0 Å². The third kappa shape index (κ3) is 6.54. The molecule has 2 N–H and O–H groups in total. The van der Waals surface area contributed by atoms with Crippen molar-refractivity contribution in [2.45, 2.75) is 44.2 Å². The summed E-state index contributed by atoms with van der Waals surface area (Å²) in [4.78, 5) is 6.49. The van der Waals surface area contributed by atoms with E-state index in [0.717, 1.165) is 61.3 Å². The SMILES string of the molecule is OC(O)c1cnn(C2CCCN(c3cc(Cl)ccc3-c3ccc(N4CCN(CC5CC5C(F)(F)F)CC4)cc3)C2)c1C(F)F.